The van der Waals surface area contributed by atoms with E-state index < -0.39 is 0 Å². The first-order valence-corrected chi connectivity index (χ1v) is 9.29. The average molecular weight is 362 g/mol. The van der Waals surface area contributed by atoms with Crippen LogP contribution in [0, 0.1) is 0 Å². The van der Waals surface area contributed by atoms with E-state index in [1.807, 2.05) is 6.92 Å². The molecule has 0 spiro atoms. The molecule has 3 N–H and O–H groups in total. The summed E-state index contributed by atoms with van der Waals surface area (Å²) in [6, 6.07) is 7.54. The van der Waals surface area contributed by atoms with Crippen molar-refractivity contribution in [3.05, 3.63) is 46.5 Å². The van der Waals surface area contributed by atoms with Gasteiger partial charge in [-0.25, -0.2) is 0 Å². The Morgan fingerprint density at radius 2 is 2.00 bits per heavy atom. The zero-order valence-corrected chi connectivity index (χ0v) is 15.8. The number of thiophene rings is 1. The summed E-state index contributed by atoms with van der Waals surface area (Å²) in [7, 11) is 0. The molecule has 0 aliphatic carbocycles. The quantitative estimate of drug-likeness (QED) is 0.383. The van der Waals surface area contributed by atoms with E-state index in [4.69, 9.17) is 4.42 Å². The second-order valence-electron chi connectivity index (χ2n) is 6.22. The number of carbonyl (C=O) groups is 1. The molecule has 0 radical (unpaired) electrons. The molecule has 7 heteroatoms. The number of nitrogens with one attached hydrogen (secondary N) is 3. The Morgan fingerprint density at radius 1 is 1.20 bits per heavy atom. The van der Waals surface area contributed by atoms with Gasteiger partial charge in [-0.3, -0.25) is 9.79 Å². The van der Waals surface area contributed by atoms with Crippen LogP contribution in [0.15, 0.2) is 45.3 Å². The SMILES string of the molecule is CCNC(=NCC(C)(C)c1cccs1)NCCNC(=O)c1ccco1. The van der Waals surface area contributed by atoms with Crippen LogP contribution >= 0.6 is 11.3 Å². The highest BCUT2D eigenvalue weighted by Gasteiger charge is 2.21. The smallest absolute Gasteiger partial charge is 0.287 e. The van der Waals surface area contributed by atoms with Crippen LogP contribution in [0.3, 0.4) is 0 Å². The Morgan fingerprint density at radius 3 is 2.64 bits per heavy atom. The molecule has 0 aromatic carbocycles. The van der Waals surface area contributed by atoms with E-state index in [-0.39, 0.29) is 11.3 Å². The largest absolute Gasteiger partial charge is 0.459 e. The van der Waals surface area contributed by atoms with Gasteiger partial charge in [-0.05, 0) is 30.5 Å². The highest BCUT2D eigenvalue weighted by molar-refractivity contribution is 7.10. The fourth-order valence-electron chi connectivity index (χ4n) is 2.21. The van der Waals surface area contributed by atoms with Crippen molar-refractivity contribution in [2.45, 2.75) is 26.2 Å². The number of hydrogen-bond donors (Lipinski definition) is 3. The first-order chi connectivity index (χ1) is 12.0. The third kappa shape index (κ3) is 5.94. The van der Waals surface area contributed by atoms with Gasteiger partial charge in [0.25, 0.3) is 5.91 Å². The molecule has 0 unspecified atom stereocenters. The lowest BCUT2D eigenvalue weighted by Crippen LogP contribution is -2.42. The van der Waals surface area contributed by atoms with Crippen LogP contribution < -0.4 is 16.0 Å². The van der Waals surface area contributed by atoms with E-state index in [1.54, 1.807) is 23.5 Å². The number of rotatable bonds is 8. The molecular formula is C18H26N4O2S. The molecular weight excluding hydrogens is 336 g/mol. The number of nitrogens with zero attached hydrogens (tertiary/aromatic N) is 1. The zero-order chi connectivity index (χ0) is 18.1. The van der Waals surface area contributed by atoms with Crippen LogP contribution in [-0.4, -0.2) is 38.0 Å². The number of aliphatic imine (C=N–C) groups is 1. The van der Waals surface area contributed by atoms with Gasteiger partial charge >= 0.3 is 0 Å². The molecule has 6 nitrogen and oxygen atoms in total. The van der Waals surface area contributed by atoms with Gasteiger partial charge < -0.3 is 20.4 Å². The topological polar surface area (TPSA) is 78.7 Å². The van der Waals surface area contributed by atoms with Gasteiger partial charge in [0.05, 0.1) is 12.8 Å². The number of carbonyl (C=O) groups excluding carboxylic acids is 1. The van der Waals surface area contributed by atoms with Crippen molar-refractivity contribution in [1.29, 1.82) is 0 Å². The summed E-state index contributed by atoms with van der Waals surface area (Å²) < 4.78 is 5.06. The van der Waals surface area contributed by atoms with E-state index in [9.17, 15) is 4.79 Å². The highest BCUT2D eigenvalue weighted by Crippen LogP contribution is 2.27. The minimum Gasteiger partial charge on any atom is -0.459 e. The van der Waals surface area contributed by atoms with Crippen molar-refractivity contribution in [1.82, 2.24) is 16.0 Å². The minimum absolute atomic E-state index is 0.00990. The Balaban J connectivity index is 1.80. The summed E-state index contributed by atoms with van der Waals surface area (Å²) in [5.74, 6) is 0.852. The first-order valence-electron chi connectivity index (χ1n) is 8.41. The number of amides is 1. The Labute approximate surface area is 152 Å². The van der Waals surface area contributed by atoms with Gasteiger partial charge in [0, 0.05) is 29.9 Å². The van der Waals surface area contributed by atoms with Gasteiger partial charge in [0.2, 0.25) is 0 Å². The molecule has 0 aliphatic rings. The third-order valence-corrected chi connectivity index (χ3v) is 4.85. The molecule has 0 saturated carbocycles. The van der Waals surface area contributed by atoms with Gasteiger partial charge in [-0.15, -0.1) is 11.3 Å². The number of guanidine groups is 1. The van der Waals surface area contributed by atoms with E-state index in [1.165, 1.54) is 11.1 Å². The predicted octanol–water partition coefficient (Wildman–Crippen LogP) is 2.60. The van der Waals surface area contributed by atoms with Crippen LogP contribution in [0.1, 0.15) is 36.2 Å². The van der Waals surface area contributed by atoms with Crippen LogP contribution in [0.2, 0.25) is 0 Å². The van der Waals surface area contributed by atoms with Gasteiger partial charge in [0.15, 0.2) is 11.7 Å². The van der Waals surface area contributed by atoms with Gasteiger partial charge in [-0.2, -0.15) is 0 Å². The molecule has 0 aliphatic heterocycles. The fraction of sp³-hybridized carbons (Fsp3) is 0.444. The molecule has 136 valence electrons. The summed E-state index contributed by atoms with van der Waals surface area (Å²) in [4.78, 5) is 17.8. The standard InChI is InChI=1S/C18H26N4O2S/c1-4-19-17(22-13-18(2,3)15-8-6-12-25-15)21-10-9-20-16(23)14-7-5-11-24-14/h5-8,11-12H,4,9-10,13H2,1-3H3,(H,20,23)(H2,19,21,22). The third-order valence-electron chi connectivity index (χ3n) is 3.61. The molecule has 2 aromatic rings. The lowest BCUT2D eigenvalue weighted by atomic mass is 9.92. The molecule has 2 heterocycles. The maximum absolute atomic E-state index is 11.8. The van der Waals surface area contributed by atoms with Crippen molar-refractivity contribution in [3.8, 4) is 0 Å². The zero-order valence-electron chi connectivity index (χ0n) is 15.0. The highest BCUT2D eigenvalue weighted by atomic mass is 32.1. The second-order valence-corrected chi connectivity index (χ2v) is 7.16. The molecule has 0 bridgehead atoms. The van der Waals surface area contributed by atoms with Crippen LogP contribution in [0.4, 0.5) is 0 Å². The summed E-state index contributed by atoms with van der Waals surface area (Å²) in [6.45, 7) is 8.94. The van der Waals surface area contributed by atoms with Crippen molar-refractivity contribution in [2.75, 3.05) is 26.2 Å². The normalized spacial score (nSPS) is 12.0. The van der Waals surface area contributed by atoms with Crippen molar-refractivity contribution >= 4 is 23.2 Å². The Kier molecular flexibility index (Phi) is 7.06. The van der Waals surface area contributed by atoms with Crippen molar-refractivity contribution in [3.63, 3.8) is 0 Å². The molecule has 0 saturated heterocycles. The minimum atomic E-state index is -0.215. The second kappa shape index (κ2) is 9.27. The molecule has 2 aromatic heterocycles. The van der Waals surface area contributed by atoms with Gasteiger partial charge in [0.1, 0.15) is 0 Å². The summed E-state index contributed by atoms with van der Waals surface area (Å²) in [5.41, 5.74) is -0.00990. The Hall–Kier alpha value is -2.28. The lowest BCUT2D eigenvalue weighted by Gasteiger charge is -2.21. The molecule has 0 fully saturated rings. The fourth-order valence-corrected chi connectivity index (χ4v) is 3.06. The monoisotopic (exact) mass is 362 g/mol. The summed E-state index contributed by atoms with van der Waals surface area (Å²) in [5, 5.41) is 11.4. The van der Waals surface area contributed by atoms with Crippen LogP contribution in [0.5, 0.6) is 0 Å². The number of furan rings is 1. The maximum atomic E-state index is 11.8. The van der Waals surface area contributed by atoms with E-state index >= 15 is 0 Å². The predicted molar refractivity (Wildman–Crippen MR) is 102 cm³/mol. The number of hydrogen-bond acceptors (Lipinski definition) is 4. The summed E-state index contributed by atoms with van der Waals surface area (Å²) in [6.07, 6.45) is 1.48. The molecule has 1 amide bonds. The van der Waals surface area contributed by atoms with Crippen molar-refractivity contribution < 1.29 is 9.21 Å². The first kappa shape index (κ1) is 19.1. The van der Waals surface area contributed by atoms with Crippen LogP contribution in [0.25, 0.3) is 0 Å². The molecule has 0 atom stereocenters. The van der Waals surface area contributed by atoms with E-state index in [0.717, 1.165) is 12.5 Å². The van der Waals surface area contributed by atoms with E-state index in [0.29, 0.717) is 25.4 Å². The summed E-state index contributed by atoms with van der Waals surface area (Å²) >= 11 is 1.75. The lowest BCUT2D eigenvalue weighted by molar-refractivity contribution is 0.0926. The van der Waals surface area contributed by atoms with Crippen LogP contribution in [-0.2, 0) is 5.41 Å². The molecule has 25 heavy (non-hydrogen) atoms. The van der Waals surface area contributed by atoms with Gasteiger partial charge in [-0.1, -0.05) is 19.9 Å². The molecule has 2 rings (SSSR count). The maximum Gasteiger partial charge on any atom is 0.287 e. The van der Waals surface area contributed by atoms with Crippen molar-refractivity contribution in [2.24, 2.45) is 4.99 Å². The average Bonchev–Trinajstić information content (AvgIpc) is 3.29. The Bertz CT molecular complexity index is 663. The van der Waals surface area contributed by atoms with E-state index in [2.05, 4.69) is 52.3 Å².